The minimum Gasteiger partial charge on any atom is -0.353 e. The van der Waals surface area contributed by atoms with Gasteiger partial charge in [-0.15, -0.1) is 0 Å². The molecular formula is C14H14F3N2O2. The Kier molecular flexibility index (Phi) is 4.82. The molecule has 0 unspecified atom stereocenters. The summed E-state index contributed by atoms with van der Waals surface area (Å²) in [5, 5.41) is 2.60. The summed E-state index contributed by atoms with van der Waals surface area (Å²) in [5.41, 5.74) is -0.0157. The molecule has 2 rings (SSSR count). The number of benzene rings is 1. The van der Waals surface area contributed by atoms with Crippen LogP contribution in [0.4, 0.5) is 13.2 Å². The van der Waals surface area contributed by atoms with Crippen molar-refractivity contribution in [2.24, 2.45) is 0 Å². The Morgan fingerprint density at radius 3 is 2.67 bits per heavy atom. The van der Waals surface area contributed by atoms with E-state index in [1.165, 1.54) is 11.3 Å². The second kappa shape index (κ2) is 6.60. The lowest BCUT2D eigenvalue weighted by molar-refractivity contribution is -0.137. The second-order valence-corrected chi connectivity index (χ2v) is 4.72. The van der Waals surface area contributed by atoms with Gasteiger partial charge in [0.15, 0.2) is 11.6 Å². The monoisotopic (exact) mass is 299 g/mol. The second-order valence-electron chi connectivity index (χ2n) is 4.72. The van der Waals surface area contributed by atoms with Gasteiger partial charge in [0.2, 0.25) is 11.8 Å². The molecule has 1 aliphatic rings. The first-order valence-electron chi connectivity index (χ1n) is 6.47. The number of carbonyl (C=O) groups is 2. The van der Waals surface area contributed by atoms with E-state index in [0.29, 0.717) is 19.2 Å². The van der Waals surface area contributed by atoms with Crippen molar-refractivity contribution in [1.29, 1.82) is 0 Å². The number of halogens is 3. The molecule has 0 aliphatic carbocycles. The number of nitrogens with one attached hydrogen (secondary N) is 1. The predicted molar refractivity (Wildman–Crippen MR) is 68.5 cm³/mol. The van der Waals surface area contributed by atoms with Gasteiger partial charge in [0.1, 0.15) is 5.82 Å². The smallest absolute Gasteiger partial charge is 0.239 e. The molecule has 21 heavy (non-hydrogen) atoms. The summed E-state index contributed by atoms with van der Waals surface area (Å²) in [6.45, 7) is 0.840. The summed E-state index contributed by atoms with van der Waals surface area (Å²) >= 11 is 0. The largest absolute Gasteiger partial charge is 0.353 e. The first-order valence-corrected chi connectivity index (χ1v) is 6.47. The van der Waals surface area contributed by atoms with Crippen LogP contribution in [0.15, 0.2) is 12.1 Å². The number of hydrogen-bond acceptors (Lipinski definition) is 2. The molecule has 1 N–H and O–H groups in total. The first-order chi connectivity index (χ1) is 9.97. The predicted octanol–water partition coefficient (Wildman–Crippen LogP) is 1.20. The maximum absolute atomic E-state index is 13.4. The zero-order chi connectivity index (χ0) is 15.4. The molecule has 0 spiro atoms. The molecule has 1 aromatic rings. The maximum atomic E-state index is 13.4. The summed E-state index contributed by atoms with van der Waals surface area (Å²) in [6.07, 6.45) is 1.49. The van der Waals surface area contributed by atoms with Crippen molar-refractivity contribution in [2.45, 2.75) is 12.8 Å². The molecule has 1 aliphatic heterocycles. The molecule has 0 bridgehead atoms. The number of amides is 2. The van der Waals surface area contributed by atoms with Crippen molar-refractivity contribution in [3.63, 3.8) is 0 Å². The van der Waals surface area contributed by atoms with E-state index in [1.54, 1.807) is 0 Å². The van der Waals surface area contributed by atoms with Crippen molar-refractivity contribution in [2.75, 3.05) is 19.6 Å². The third-order valence-electron chi connectivity index (χ3n) is 3.16. The van der Waals surface area contributed by atoms with Crippen molar-refractivity contribution in [3.05, 3.63) is 41.6 Å². The van der Waals surface area contributed by atoms with Gasteiger partial charge < -0.3 is 10.2 Å². The minimum atomic E-state index is -1.24. The normalized spacial score (nSPS) is 15.0. The van der Waals surface area contributed by atoms with Crippen LogP contribution in [0, 0.1) is 23.9 Å². The number of nitrogens with zero attached hydrogens (tertiary/aromatic N) is 1. The highest BCUT2D eigenvalue weighted by atomic mass is 19.2. The molecule has 0 saturated carbocycles. The topological polar surface area (TPSA) is 49.4 Å². The molecule has 1 saturated heterocycles. The van der Waals surface area contributed by atoms with E-state index in [9.17, 15) is 22.8 Å². The van der Waals surface area contributed by atoms with E-state index >= 15 is 0 Å². The van der Waals surface area contributed by atoms with Crippen LogP contribution in [0.2, 0.25) is 0 Å². The fraction of sp³-hybridized carbons (Fsp3) is 0.357. The van der Waals surface area contributed by atoms with Gasteiger partial charge in [-0.2, -0.15) is 0 Å². The Balaban J connectivity index is 1.85. The molecule has 0 aromatic heterocycles. The molecule has 1 radical (unpaired) electrons. The Bertz CT molecular complexity index is 563. The van der Waals surface area contributed by atoms with Gasteiger partial charge in [0.25, 0.3) is 0 Å². The highest BCUT2D eigenvalue weighted by Gasteiger charge is 2.20. The number of carbonyl (C=O) groups excluding carboxylic acids is 2. The summed E-state index contributed by atoms with van der Waals surface area (Å²) in [5.74, 6) is -3.70. The van der Waals surface area contributed by atoms with Crippen LogP contribution in [0.1, 0.15) is 12.0 Å². The maximum Gasteiger partial charge on any atom is 0.239 e. The summed E-state index contributed by atoms with van der Waals surface area (Å²) in [4.78, 5) is 24.4. The van der Waals surface area contributed by atoms with E-state index in [4.69, 9.17) is 0 Å². The Morgan fingerprint density at radius 1 is 1.24 bits per heavy atom. The summed E-state index contributed by atoms with van der Waals surface area (Å²) < 4.78 is 39.2. The number of rotatable bonds is 4. The van der Waals surface area contributed by atoms with E-state index < -0.39 is 17.5 Å². The van der Waals surface area contributed by atoms with Crippen LogP contribution in [-0.4, -0.2) is 36.3 Å². The van der Waals surface area contributed by atoms with Gasteiger partial charge in [-0.25, -0.2) is 13.2 Å². The lowest BCUT2D eigenvalue weighted by Gasteiger charge is -2.26. The van der Waals surface area contributed by atoms with Crippen LogP contribution in [0.25, 0.3) is 0 Å². The Labute approximate surface area is 119 Å². The average Bonchev–Trinajstić information content (AvgIpc) is 2.44. The van der Waals surface area contributed by atoms with Crippen LogP contribution in [0.5, 0.6) is 0 Å². The molecule has 0 atom stereocenters. The van der Waals surface area contributed by atoms with Gasteiger partial charge in [0, 0.05) is 25.6 Å². The van der Waals surface area contributed by atoms with Crippen molar-refractivity contribution in [3.8, 4) is 0 Å². The van der Waals surface area contributed by atoms with Crippen LogP contribution < -0.4 is 5.32 Å². The zero-order valence-corrected chi connectivity index (χ0v) is 11.2. The molecule has 1 heterocycles. The fourth-order valence-electron chi connectivity index (χ4n) is 2.05. The average molecular weight is 299 g/mol. The lowest BCUT2D eigenvalue weighted by Crippen LogP contribution is -2.49. The van der Waals surface area contributed by atoms with Gasteiger partial charge in [0.05, 0.1) is 6.54 Å². The van der Waals surface area contributed by atoms with E-state index in [1.807, 2.05) is 0 Å². The zero-order valence-electron chi connectivity index (χ0n) is 11.2. The first kappa shape index (κ1) is 15.3. The Morgan fingerprint density at radius 2 is 1.95 bits per heavy atom. The highest BCUT2D eigenvalue weighted by Crippen LogP contribution is 2.16. The van der Waals surface area contributed by atoms with Crippen LogP contribution >= 0.6 is 0 Å². The van der Waals surface area contributed by atoms with Gasteiger partial charge in [-0.05, 0) is 24.5 Å². The van der Waals surface area contributed by atoms with Gasteiger partial charge in [-0.1, -0.05) is 0 Å². The lowest BCUT2D eigenvalue weighted by atomic mass is 10.1. The number of piperazine rings is 1. The van der Waals surface area contributed by atoms with E-state index in [2.05, 4.69) is 5.32 Å². The van der Waals surface area contributed by atoms with E-state index in [-0.39, 0.29) is 36.8 Å². The highest BCUT2D eigenvalue weighted by molar-refractivity contribution is 5.86. The molecule has 1 fully saturated rings. The van der Waals surface area contributed by atoms with Crippen molar-refractivity contribution in [1.82, 2.24) is 10.2 Å². The molecule has 1 aromatic carbocycles. The molecule has 7 heteroatoms. The molecule has 4 nitrogen and oxygen atoms in total. The molecule has 113 valence electrons. The van der Waals surface area contributed by atoms with Crippen molar-refractivity contribution >= 4 is 11.8 Å². The third kappa shape index (κ3) is 3.96. The SMILES string of the molecule is O=C1CN(C(=O)C[CH]Cc2cc(F)c(F)cc2F)CCN1. The fourth-order valence-corrected chi connectivity index (χ4v) is 2.05. The minimum absolute atomic E-state index is 0.00567. The van der Waals surface area contributed by atoms with Crippen LogP contribution in [-0.2, 0) is 16.0 Å². The standard InChI is InChI=1S/C14H14F3N2O2/c15-10-7-12(17)11(16)6-9(10)2-1-3-14(21)19-5-4-18-13(20)8-19/h1,6-7H,2-5,8H2,(H,18,20). The number of hydrogen-bond donors (Lipinski definition) is 1. The summed E-state index contributed by atoms with van der Waals surface area (Å²) in [7, 11) is 0. The van der Waals surface area contributed by atoms with Gasteiger partial charge >= 0.3 is 0 Å². The third-order valence-corrected chi connectivity index (χ3v) is 3.16. The van der Waals surface area contributed by atoms with Gasteiger partial charge in [-0.3, -0.25) is 9.59 Å². The van der Waals surface area contributed by atoms with Crippen molar-refractivity contribution < 1.29 is 22.8 Å². The van der Waals surface area contributed by atoms with E-state index in [0.717, 1.165) is 6.07 Å². The van der Waals surface area contributed by atoms with Crippen LogP contribution in [0.3, 0.4) is 0 Å². The molecule has 2 amide bonds. The summed E-state index contributed by atoms with van der Waals surface area (Å²) in [6, 6.07) is 1.26. The Hall–Kier alpha value is -2.05. The molecular weight excluding hydrogens is 285 g/mol. The quantitative estimate of drug-likeness (QED) is 0.849.